The van der Waals surface area contributed by atoms with Crippen LogP contribution in [0.2, 0.25) is 0 Å². The molecule has 0 spiro atoms. The van der Waals surface area contributed by atoms with Crippen LogP contribution in [0, 0.1) is 31.1 Å². The largest absolute Gasteiger partial charge is 0.271 e. The molecule has 0 saturated heterocycles. The fourth-order valence-corrected chi connectivity index (χ4v) is 3.73. The van der Waals surface area contributed by atoms with Crippen molar-refractivity contribution in [2.75, 3.05) is 0 Å². The quantitative estimate of drug-likeness (QED) is 0.686. The molecule has 0 radical (unpaired) electrons. The van der Waals surface area contributed by atoms with Crippen molar-refractivity contribution in [1.82, 2.24) is 15.2 Å². The maximum absolute atomic E-state index is 11.9. The second-order valence-electron chi connectivity index (χ2n) is 7.12. The molecule has 5 nitrogen and oxygen atoms in total. The lowest BCUT2D eigenvalue weighted by Gasteiger charge is -2.55. The Morgan fingerprint density at radius 2 is 2.32 bits per heavy atom. The van der Waals surface area contributed by atoms with Gasteiger partial charge in [-0.05, 0) is 55.6 Å². The summed E-state index contributed by atoms with van der Waals surface area (Å²) in [5, 5.41) is 8.41. The lowest BCUT2D eigenvalue weighted by molar-refractivity contribution is -0.121. The molecule has 22 heavy (non-hydrogen) atoms. The van der Waals surface area contributed by atoms with Crippen molar-refractivity contribution in [3.63, 3.8) is 0 Å². The van der Waals surface area contributed by atoms with E-state index in [9.17, 15) is 4.79 Å². The lowest BCUT2D eigenvalue weighted by Crippen LogP contribution is -2.48. The average Bonchev–Trinajstić information content (AvgIpc) is 2.76. The Balaban J connectivity index is 1.55. The molecule has 1 heterocycles. The Labute approximate surface area is 131 Å². The Kier molecular flexibility index (Phi) is 3.67. The van der Waals surface area contributed by atoms with Crippen molar-refractivity contribution in [3.8, 4) is 0 Å². The maximum Gasteiger partial charge on any atom is 0.261 e. The zero-order chi connectivity index (χ0) is 15.9. The van der Waals surface area contributed by atoms with Crippen LogP contribution in [0.4, 0.5) is 0 Å². The summed E-state index contributed by atoms with van der Waals surface area (Å²) in [6, 6.07) is 1.96. The third-order valence-corrected chi connectivity index (χ3v) is 5.31. The number of rotatable bonds is 4. The minimum absolute atomic E-state index is 0.149. The number of hydrogen-bond donors (Lipinski definition) is 1. The predicted molar refractivity (Wildman–Crippen MR) is 86.4 cm³/mol. The monoisotopic (exact) mass is 300 g/mol. The summed E-state index contributed by atoms with van der Waals surface area (Å²) in [7, 11) is 0. The van der Waals surface area contributed by atoms with Crippen LogP contribution >= 0.6 is 0 Å². The lowest BCUT2D eigenvalue weighted by atomic mass is 9.49. The molecule has 1 saturated carbocycles. The van der Waals surface area contributed by atoms with Gasteiger partial charge in [-0.1, -0.05) is 19.9 Å². The van der Waals surface area contributed by atoms with Gasteiger partial charge in [-0.2, -0.15) is 10.2 Å². The molecule has 4 rings (SSSR count). The highest BCUT2D eigenvalue weighted by molar-refractivity contribution is 5.83. The molecule has 3 aliphatic carbocycles. The Morgan fingerprint density at radius 3 is 2.91 bits per heavy atom. The number of hydrazone groups is 1. The molecule has 3 aliphatic rings. The summed E-state index contributed by atoms with van der Waals surface area (Å²) >= 11 is 0. The molecule has 1 aromatic rings. The number of nitrogens with one attached hydrogen (secondary N) is 1. The van der Waals surface area contributed by atoms with Crippen LogP contribution in [-0.4, -0.2) is 21.9 Å². The number of allylic oxidation sites excluding steroid dienone is 2. The van der Waals surface area contributed by atoms with Gasteiger partial charge in [0.2, 0.25) is 0 Å². The zero-order valence-corrected chi connectivity index (χ0v) is 13.8. The first-order valence-electron chi connectivity index (χ1n) is 7.91. The van der Waals surface area contributed by atoms with Crippen LogP contribution in [0.5, 0.6) is 0 Å². The van der Waals surface area contributed by atoms with E-state index in [0.29, 0.717) is 11.3 Å². The molecule has 0 unspecified atom stereocenters. The second kappa shape index (κ2) is 5.38. The van der Waals surface area contributed by atoms with Gasteiger partial charge in [0.1, 0.15) is 6.54 Å². The molecule has 0 aliphatic heterocycles. The van der Waals surface area contributed by atoms with Crippen LogP contribution in [-0.2, 0) is 11.3 Å². The van der Waals surface area contributed by atoms with E-state index < -0.39 is 0 Å². The SMILES string of the molecule is Cc1cc(C)n(CC(=O)N/N=C\C2=CC[C@H]3C[C@H]2C3(C)C)n1. The highest BCUT2D eigenvalue weighted by atomic mass is 16.2. The Hall–Kier alpha value is -1.91. The van der Waals surface area contributed by atoms with Gasteiger partial charge in [-0.3, -0.25) is 9.48 Å². The average molecular weight is 300 g/mol. The predicted octanol–water partition coefficient (Wildman–Crippen LogP) is 2.59. The molecule has 118 valence electrons. The third-order valence-electron chi connectivity index (χ3n) is 5.31. The van der Waals surface area contributed by atoms with Gasteiger partial charge in [0, 0.05) is 5.69 Å². The van der Waals surface area contributed by atoms with Gasteiger partial charge in [0.25, 0.3) is 5.91 Å². The summed E-state index contributed by atoms with van der Waals surface area (Å²) < 4.78 is 1.69. The van der Waals surface area contributed by atoms with E-state index in [1.165, 1.54) is 12.0 Å². The van der Waals surface area contributed by atoms with Gasteiger partial charge in [0.15, 0.2) is 0 Å². The third kappa shape index (κ3) is 2.60. The van der Waals surface area contributed by atoms with Crippen molar-refractivity contribution in [1.29, 1.82) is 0 Å². The number of carbonyl (C=O) groups excluding carboxylic acids is 1. The fourth-order valence-electron chi connectivity index (χ4n) is 3.73. The maximum atomic E-state index is 11.9. The van der Waals surface area contributed by atoms with Crippen molar-refractivity contribution < 1.29 is 4.79 Å². The van der Waals surface area contributed by atoms with Crippen LogP contribution in [0.25, 0.3) is 0 Å². The number of amides is 1. The molecule has 1 aromatic heterocycles. The topological polar surface area (TPSA) is 59.3 Å². The summed E-state index contributed by atoms with van der Waals surface area (Å²) in [4.78, 5) is 11.9. The molecule has 0 aromatic carbocycles. The Bertz CT molecular complexity index is 654. The number of fused-ring (bicyclic) bond motifs is 1. The van der Waals surface area contributed by atoms with Crippen molar-refractivity contribution >= 4 is 12.1 Å². The van der Waals surface area contributed by atoms with E-state index in [1.807, 2.05) is 26.1 Å². The van der Waals surface area contributed by atoms with Gasteiger partial charge in [-0.15, -0.1) is 0 Å². The van der Waals surface area contributed by atoms with Gasteiger partial charge in [-0.25, -0.2) is 5.43 Å². The van der Waals surface area contributed by atoms with Gasteiger partial charge < -0.3 is 0 Å². The highest BCUT2D eigenvalue weighted by Gasteiger charge is 2.50. The number of hydrogen-bond acceptors (Lipinski definition) is 3. The minimum Gasteiger partial charge on any atom is -0.271 e. The van der Waals surface area contributed by atoms with Crippen LogP contribution in [0.1, 0.15) is 38.1 Å². The molecule has 1 amide bonds. The Morgan fingerprint density at radius 1 is 1.55 bits per heavy atom. The van der Waals surface area contributed by atoms with E-state index >= 15 is 0 Å². The number of aryl methyl sites for hydroxylation is 2. The molecular formula is C17H24N4O. The molecule has 1 fully saturated rings. The van der Waals surface area contributed by atoms with Gasteiger partial charge >= 0.3 is 0 Å². The molecule has 2 atom stereocenters. The van der Waals surface area contributed by atoms with Crippen molar-refractivity contribution in [3.05, 3.63) is 29.1 Å². The van der Waals surface area contributed by atoms with E-state index in [2.05, 4.69) is 35.5 Å². The van der Waals surface area contributed by atoms with E-state index in [-0.39, 0.29) is 12.5 Å². The smallest absolute Gasteiger partial charge is 0.261 e. The number of nitrogens with zero attached hydrogens (tertiary/aromatic N) is 3. The first-order valence-corrected chi connectivity index (χ1v) is 7.91. The summed E-state index contributed by atoms with van der Waals surface area (Å²) in [6.45, 7) is 8.72. The summed E-state index contributed by atoms with van der Waals surface area (Å²) in [5.41, 5.74) is 6.15. The first-order chi connectivity index (χ1) is 10.4. The zero-order valence-electron chi connectivity index (χ0n) is 13.8. The second-order valence-corrected chi connectivity index (χ2v) is 7.12. The van der Waals surface area contributed by atoms with Crippen LogP contribution in [0.15, 0.2) is 22.8 Å². The normalized spacial score (nSPS) is 25.7. The molecule has 1 N–H and O–H groups in total. The van der Waals surface area contributed by atoms with E-state index in [0.717, 1.165) is 23.7 Å². The fraction of sp³-hybridized carbons (Fsp3) is 0.588. The van der Waals surface area contributed by atoms with Crippen LogP contribution in [0.3, 0.4) is 0 Å². The number of aromatic nitrogens is 2. The molecule has 5 heteroatoms. The van der Waals surface area contributed by atoms with E-state index in [4.69, 9.17) is 0 Å². The molecular weight excluding hydrogens is 276 g/mol. The minimum atomic E-state index is -0.149. The number of carbonyl (C=O) groups is 1. The van der Waals surface area contributed by atoms with Crippen molar-refractivity contribution in [2.45, 2.75) is 47.1 Å². The van der Waals surface area contributed by atoms with E-state index in [1.54, 1.807) is 4.68 Å². The van der Waals surface area contributed by atoms with Crippen LogP contribution < -0.4 is 5.43 Å². The summed E-state index contributed by atoms with van der Waals surface area (Å²) in [5.74, 6) is 1.25. The first kappa shape index (κ1) is 15.0. The molecule has 2 bridgehead atoms. The standard InChI is InChI=1S/C17H24N4O/c1-11-7-12(2)21(20-11)10-16(22)19-18-9-13-5-6-14-8-15(13)17(14,3)4/h5,7,9,14-15H,6,8,10H2,1-4H3,(H,19,22)/b18-9-/t14-,15+/m0/s1. The highest BCUT2D eigenvalue weighted by Crippen LogP contribution is 2.58. The van der Waals surface area contributed by atoms with Crippen molar-refractivity contribution in [2.24, 2.45) is 22.4 Å². The van der Waals surface area contributed by atoms with Gasteiger partial charge in [0.05, 0.1) is 11.9 Å². The summed E-state index contributed by atoms with van der Waals surface area (Å²) in [6.07, 6.45) is 6.47.